The Morgan fingerprint density at radius 2 is 1.02 bits per heavy atom. The van der Waals surface area contributed by atoms with E-state index in [-0.39, 0.29) is 0 Å². The molecule has 0 aliphatic carbocycles. The van der Waals surface area contributed by atoms with Gasteiger partial charge in [0, 0.05) is 32.9 Å². The van der Waals surface area contributed by atoms with E-state index in [0.717, 1.165) is 77.6 Å². The number of hydrogen-bond donors (Lipinski definition) is 0. The molecule has 11 rings (SSSR count). The van der Waals surface area contributed by atoms with E-state index >= 15 is 0 Å². The van der Waals surface area contributed by atoms with Crippen LogP contribution in [0.15, 0.2) is 197 Å². The summed E-state index contributed by atoms with van der Waals surface area (Å²) < 4.78 is 13.1. The highest BCUT2D eigenvalue weighted by Gasteiger charge is 2.21. The van der Waals surface area contributed by atoms with E-state index in [9.17, 15) is 0 Å². The average molecular weight is 678 g/mol. The Labute approximate surface area is 305 Å². The Kier molecular flexibility index (Phi) is 6.55. The lowest BCUT2D eigenvalue weighted by Crippen LogP contribution is -2.10. The molecule has 0 aliphatic rings. The van der Waals surface area contributed by atoms with Gasteiger partial charge in [0.05, 0.1) is 5.69 Å². The van der Waals surface area contributed by atoms with Gasteiger partial charge in [-0.3, -0.25) is 0 Å². The maximum absolute atomic E-state index is 6.85. The summed E-state index contributed by atoms with van der Waals surface area (Å²) in [5.74, 6) is 0. The van der Waals surface area contributed by atoms with Gasteiger partial charge in [-0.25, -0.2) is 0 Å². The lowest BCUT2D eigenvalue weighted by molar-refractivity contribution is 0.668. The molecular formula is C50H31NO2. The number of anilines is 3. The molecule has 9 aromatic carbocycles. The Morgan fingerprint density at radius 3 is 1.91 bits per heavy atom. The third kappa shape index (κ3) is 4.75. The van der Waals surface area contributed by atoms with Crippen molar-refractivity contribution in [1.82, 2.24) is 0 Å². The Balaban J connectivity index is 1.12. The van der Waals surface area contributed by atoms with Crippen molar-refractivity contribution in [2.75, 3.05) is 4.90 Å². The van der Waals surface area contributed by atoms with Gasteiger partial charge in [0.15, 0.2) is 5.58 Å². The van der Waals surface area contributed by atoms with E-state index in [1.54, 1.807) is 0 Å². The zero-order valence-corrected chi connectivity index (χ0v) is 28.7. The number of para-hydroxylation sites is 2. The van der Waals surface area contributed by atoms with Gasteiger partial charge in [-0.2, -0.15) is 0 Å². The number of hydrogen-bond acceptors (Lipinski definition) is 3. The van der Waals surface area contributed by atoms with Gasteiger partial charge in [-0.05, 0) is 98.4 Å². The van der Waals surface area contributed by atoms with Crippen molar-refractivity contribution in [3.05, 3.63) is 188 Å². The normalized spacial score (nSPS) is 11.8. The number of fused-ring (bicyclic) bond motifs is 9. The lowest BCUT2D eigenvalue weighted by Gasteiger charge is -2.26. The SMILES string of the molecule is c1ccc(-c2ccc3c(c2)oc2c(N(c4ccc(-c5cccc6oc7ccccc7c56)cc4)c4ccc5ccc6ccccc6c5c4)cccc23)cc1. The third-order valence-electron chi connectivity index (χ3n) is 10.7. The Hall–Kier alpha value is -7.10. The summed E-state index contributed by atoms with van der Waals surface area (Å²) in [6, 6.07) is 66.8. The van der Waals surface area contributed by atoms with E-state index in [1.807, 2.05) is 18.2 Å². The van der Waals surface area contributed by atoms with Gasteiger partial charge in [-0.15, -0.1) is 0 Å². The fraction of sp³-hybridized carbons (Fsp3) is 0. The van der Waals surface area contributed by atoms with Crippen LogP contribution in [0.25, 0.3) is 87.7 Å². The molecule has 0 unspecified atom stereocenters. The summed E-state index contributed by atoms with van der Waals surface area (Å²) in [6.07, 6.45) is 0. The minimum atomic E-state index is 0.851. The summed E-state index contributed by atoms with van der Waals surface area (Å²) in [6.45, 7) is 0. The summed E-state index contributed by atoms with van der Waals surface area (Å²) >= 11 is 0. The summed E-state index contributed by atoms with van der Waals surface area (Å²) in [7, 11) is 0. The van der Waals surface area contributed by atoms with Crippen molar-refractivity contribution < 1.29 is 8.83 Å². The molecule has 248 valence electrons. The van der Waals surface area contributed by atoms with Crippen LogP contribution in [0.3, 0.4) is 0 Å². The second-order valence-corrected chi connectivity index (χ2v) is 13.7. The van der Waals surface area contributed by atoms with Crippen LogP contribution < -0.4 is 4.90 Å². The second-order valence-electron chi connectivity index (χ2n) is 13.7. The zero-order valence-electron chi connectivity index (χ0n) is 28.7. The van der Waals surface area contributed by atoms with Gasteiger partial charge < -0.3 is 13.7 Å². The molecule has 0 spiro atoms. The van der Waals surface area contributed by atoms with Crippen LogP contribution in [0.5, 0.6) is 0 Å². The van der Waals surface area contributed by atoms with Crippen LogP contribution in [0, 0.1) is 0 Å². The summed E-state index contributed by atoms with van der Waals surface area (Å²) in [5.41, 5.74) is 11.2. The molecule has 53 heavy (non-hydrogen) atoms. The quantitative estimate of drug-likeness (QED) is 0.170. The summed E-state index contributed by atoms with van der Waals surface area (Å²) in [4.78, 5) is 2.33. The number of furan rings is 2. The zero-order chi connectivity index (χ0) is 34.9. The van der Waals surface area contributed by atoms with E-state index in [0.29, 0.717) is 0 Å². The van der Waals surface area contributed by atoms with Crippen molar-refractivity contribution in [2.45, 2.75) is 0 Å². The molecule has 0 saturated heterocycles. The highest BCUT2D eigenvalue weighted by Crippen LogP contribution is 2.45. The van der Waals surface area contributed by atoms with Crippen LogP contribution in [-0.4, -0.2) is 0 Å². The Bertz CT molecular complexity index is 3170. The van der Waals surface area contributed by atoms with E-state index < -0.39 is 0 Å². The van der Waals surface area contributed by atoms with E-state index in [4.69, 9.17) is 8.83 Å². The molecule has 0 amide bonds. The van der Waals surface area contributed by atoms with Gasteiger partial charge >= 0.3 is 0 Å². The van der Waals surface area contributed by atoms with Crippen LogP contribution in [-0.2, 0) is 0 Å². The van der Waals surface area contributed by atoms with Gasteiger partial charge in [0.1, 0.15) is 16.7 Å². The minimum absolute atomic E-state index is 0.851. The van der Waals surface area contributed by atoms with Gasteiger partial charge in [-0.1, -0.05) is 133 Å². The van der Waals surface area contributed by atoms with Crippen LogP contribution in [0.4, 0.5) is 17.1 Å². The molecule has 0 aliphatic heterocycles. The lowest BCUT2D eigenvalue weighted by atomic mass is 9.98. The first-order chi connectivity index (χ1) is 26.3. The number of nitrogens with zero attached hydrogens (tertiary/aromatic N) is 1. The first kappa shape index (κ1) is 29.6. The highest BCUT2D eigenvalue weighted by atomic mass is 16.3. The molecule has 0 atom stereocenters. The average Bonchev–Trinajstić information content (AvgIpc) is 3.80. The number of benzene rings is 9. The predicted octanol–water partition coefficient (Wildman–Crippen LogP) is 14.6. The smallest absolute Gasteiger partial charge is 0.159 e. The van der Waals surface area contributed by atoms with Crippen molar-refractivity contribution in [1.29, 1.82) is 0 Å². The standard InChI is InChI=1S/C50H31NO2/c1-2-10-32(11-3-1)36-25-29-41-42-16-8-17-45(50(42)53-48(41)30-36)51(38-28-24-35-21-20-33-12-4-5-13-39(33)44(35)31-38)37-26-22-34(23-27-37)40-15-9-19-47-49(40)43-14-6-7-18-46(43)52-47/h1-31H. The van der Waals surface area contributed by atoms with Crippen molar-refractivity contribution in [2.24, 2.45) is 0 Å². The highest BCUT2D eigenvalue weighted by molar-refractivity contribution is 6.14. The topological polar surface area (TPSA) is 29.5 Å². The Morgan fingerprint density at radius 1 is 0.340 bits per heavy atom. The molecule has 0 saturated carbocycles. The first-order valence-electron chi connectivity index (χ1n) is 18.0. The maximum atomic E-state index is 6.85. The van der Waals surface area contributed by atoms with Crippen molar-refractivity contribution in [3.63, 3.8) is 0 Å². The largest absolute Gasteiger partial charge is 0.456 e. The fourth-order valence-electron chi connectivity index (χ4n) is 8.13. The molecule has 2 aromatic heterocycles. The molecule has 0 fully saturated rings. The van der Waals surface area contributed by atoms with Crippen LogP contribution in [0.2, 0.25) is 0 Å². The second kappa shape index (κ2) is 11.7. The third-order valence-corrected chi connectivity index (χ3v) is 10.7. The molecule has 11 aromatic rings. The monoisotopic (exact) mass is 677 g/mol. The molecule has 3 nitrogen and oxygen atoms in total. The molecule has 0 N–H and O–H groups in total. The molecular weight excluding hydrogens is 647 g/mol. The minimum Gasteiger partial charge on any atom is -0.456 e. The van der Waals surface area contributed by atoms with Crippen LogP contribution >= 0.6 is 0 Å². The molecule has 3 heteroatoms. The predicted molar refractivity (Wildman–Crippen MR) is 222 cm³/mol. The molecule has 0 bridgehead atoms. The van der Waals surface area contributed by atoms with Gasteiger partial charge in [0.2, 0.25) is 0 Å². The molecule has 2 heterocycles. The van der Waals surface area contributed by atoms with Crippen molar-refractivity contribution >= 4 is 82.5 Å². The van der Waals surface area contributed by atoms with Crippen LogP contribution in [0.1, 0.15) is 0 Å². The van der Waals surface area contributed by atoms with Crippen molar-refractivity contribution in [3.8, 4) is 22.3 Å². The summed E-state index contributed by atoms with van der Waals surface area (Å²) in [5, 5.41) is 9.32. The van der Waals surface area contributed by atoms with E-state index in [2.05, 4.69) is 175 Å². The molecule has 0 radical (unpaired) electrons. The number of rotatable bonds is 5. The maximum Gasteiger partial charge on any atom is 0.159 e. The fourth-order valence-corrected chi connectivity index (χ4v) is 8.13. The van der Waals surface area contributed by atoms with Gasteiger partial charge in [0.25, 0.3) is 0 Å². The van der Waals surface area contributed by atoms with E-state index in [1.165, 1.54) is 27.1 Å². The first-order valence-corrected chi connectivity index (χ1v) is 18.0.